The lowest BCUT2D eigenvalue weighted by molar-refractivity contribution is -0.144. The van der Waals surface area contributed by atoms with Gasteiger partial charge in [0, 0.05) is 12.3 Å². The molecule has 0 amide bonds. The van der Waals surface area contributed by atoms with Crippen molar-refractivity contribution >= 4 is 5.97 Å². The predicted octanol–water partition coefficient (Wildman–Crippen LogP) is 2.04. The minimum atomic E-state index is -0.712. The van der Waals surface area contributed by atoms with Crippen LogP contribution >= 0.6 is 0 Å². The molecule has 0 spiro atoms. The van der Waals surface area contributed by atoms with E-state index in [0.717, 1.165) is 25.9 Å². The van der Waals surface area contributed by atoms with Gasteiger partial charge in [0.1, 0.15) is 6.04 Å². The Morgan fingerprint density at radius 1 is 1.50 bits per heavy atom. The second-order valence-electron chi connectivity index (χ2n) is 5.22. The summed E-state index contributed by atoms with van der Waals surface area (Å²) in [5.41, 5.74) is 0. The van der Waals surface area contributed by atoms with Crippen LogP contribution in [0.4, 0.5) is 0 Å². The van der Waals surface area contributed by atoms with Crippen LogP contribution in [0.3, 0.4) is 0 Å². The van der Waals surface area contributed by atoms with Crippen molar-refractivity contribution in [3.8, 4) is 5.88 Å². The fourth-order valence-electron chi connectivity index (χ4n) is 2.66. The molecule has 0 aliphatic carbocycles. The monoisotopic (exact) mass is 278 g/mol. The van der Waals surface area contributed by atoms with Gasteiger partial charge in [0.25, 0.3) is 0 Å². The number of hydrogen-bond donors (Lipinski definition) is 1. The Morgan fingerprint density at radius 3 is 2.80 bits per heavy atom. The minimum absolute atomic E-state index is 0.340. The van der Waals surface area contributed by atoms with E-state index in [-0.39, 0.29) is 6.04 Å². The zero-order valence-electron chi connectivity index (χ0n) is 11.9. The van der Waals surface area contributed by atoms with E-state index in [2.05, 4.69) is 9.88 Å². The second-order valence-corrected chi connectivity index (χ2v) is 5.22. The summed E-state index contributed by atoms with van der Waals surface area (Å²) in [6, 6.07) is 5.28. The predicted molar refractivity (Wildman–Crippen MR) is 75.7 cm³/mol. The number of ether oxygens (including phenoxy) is 1. The summed E-state index contributed by atoms with van der Waals surface area (Å²) in [6.07, 6.45) is 4.34. The summed E-state index contributed by atoms with van der Waals surface area (Å²) in [5, 5.41) is 9.17. The third-order valence-electron chi connectivity index (χ3n) is 3.87. The number of aromatic nitrogens is 1. The molecule has 5 nitrogen and oxygen atoms in total. The number of hydrogen-bond acceptors (Lipinski definition) is 4. The molecule has 0 saturated carbocycles. The summed E-state index contributed by atoms with van der Waals surface area (Å²) in [6.45, 7) is 4.26. The first-order chi connectivity index (χ1) is 9.70. The van der Waals surface area contributed by atoms with Crippen molar-refractivity contribution in [2.45, 2.75) is 32.2 Å². The zero-order valence-corrected chi connectivity index (χ0v) is 11.9. The van der Waals surface area contributed by atoms with Gasteiger partial charge in [-0.2, -0.15) is 0 Å². The van der Waals surface area contributed by atoms with Gasteiger partial charge in [-0.3, -0.25) is 9.69 Å². The van der Waals surface area contributed by atoms with Crippen LogP contribution in [0.2, 0.25) is 0 Å². The summed E-state index contributed by atoms with van der Waals surface area (Å²) < 4.78 is 5.67. The first kappa shape index (κ1) is 14.8. The number of carboxylic acid groups (broad SMARTS) is 1. The van der Waals surface area contributed by atoms with Gasteiger partial charge in [0.2, 0.25) is 5.88 Å². The second kappa shape index (κ2) is 7.24. The number of aliphatic carboxylic acids is 1. The first-order valence-electron chi connectivity index (χ1n) is 7.21. The average molecular weight is 278 g/mol. The fraction of sp³-hybridized carbons (Fsp3) is 0.600. The number of nitrogens with zero attached hydrogens (tertiary/aromatic N) is 2. The van der Waals surface area contributed by atoms with Crippen molar-refractivity contribution in [3.05, 3.63) is 24.4 Å². The average Bonchev–Trinajstić information content (AvgIpc) is 2.48. The third-order valence-corrected chi connectivity index (χ3v) is 3.87. The molecule has 0 bridgehead atoms. The molecule has 0 aromatic carbocycles. The maximum atomic E-state index is 11.1. The highest BCUT2D eigenvalue weighted by Crippen LogP contribution is 2.21. The zero-order chi connectivity index (χ0) is 14.4. The Bertz CT molecular complexity index is 416. The summed E-state index contributed by atoms with van der Waals surface area (Å²) in [7, 11) is 0. The molecule has 110 valence electrons. The van der Waals surface area contributed by atoms with Crippen LogP contribution in [0.15, 0.2) is 24.4 Å². The number of pyridine rings is 1. The summed E-state index contributed by atoms with van der Waals surface area (Å²) in [5.74, 6) is 0.433. The molecule has 5 heteroatoms. The van der Waals surface area contributed by atoms with Crippen LogP contribution in [0.1, 0.15) is 26.2 Å². The normalized spacial score (nSPS) is 18.6. The molecule has 1 saturated heterocycles. The van der Waals surface area contributed by atoms with Gasteiger partial charge < -0.3 is 9.84 Å². The molecule has 1 unspecified atom stereocenters. The molecule has 1 fully saturated rings. The van der Waals surface area contributed by atoms with Gasteiger partial charge in [-0.15, -0.1) is 0 Å². The van der Waals surface area contributed by atoms with E-state index in [9.17, 15) is 4.79 Å². The van der Waals surface area contributed by atoms with Gasteiger partial charge in [-0.25, -0.2) is 4.98 Å². The van der Waals surface area contributed by atoms with Crippen molar-refractivity contribution < 1.29 is 14.6 Å². The van der Waals surface area contributed by atoms with Crippen LogP contribution in [-0.2, 0) is 4.79 Å². The van der Waals surface area contributed by atoms with E-state index in [1.54, 1.807) is 6.20 Å². The van der Waals surface area contributed by atoms with Crippen molar-refractivity contribution in [2.75, 3.05) is 19.7 Å². The number of rotatable bonds is 6. The standard InChI is InChI=1S/C15H22N2O3/c1-2-13(15(18)19)17-9-6-12(7-10-17)11-20-14-5-3-4-8-16-14/h3-5,8,12-13H,2,6-7,9-11H2,1H3,(H,18,19). The van der Waals surface area contributed by atoms with Crippen molar-refractivity contribution in [1.82, 2.24) is 9.88 Å². The Labute approximate surface area is 119 Å². The molecule has 1 N–H and O–H groups in total. The van der Waals surface area contributed by atoms with Crippen molar-refractivity contribution in [1.29, 1.82) is 0 Å². The van der Waals surface area contributed by atoms with Crippen LogP contribution in [-0.4, -0.2) is 46.7 Å². The maximum absolute atomic E-state index is 11.1. The quantitative estimate of drug-likeness (QED) is 0.862. The lowest BCUT2D eigenvalue weighted by atomic mass is 9.96. The van der Waals surface area contributed by atoms with Gasteiger partial charge in [0.05, 0.1) is 6.61 Å². The van der Waals surface area contributed by atoms with E-state index in [0.29, 0.717) is 24.8 Å². The molecule has 1 atom stereocenters. The first-order valence-corrected chi connectivity index (χ1v) is 7.21. The SMILES string of the molecule is CCC(C(=O)O)N1CCC(COc2ccccn2)CC1. The Kier molecular flexibility index (Phi) is 5.35. The van der Waals surface area contributed by atoms with Crippen LogP contribution in [0.5, 0.6) is 5.88 Å². The highest BCUT2D eigenvalue weighted by molar-refractivity contribution is 5.73. The molecule has 2 heterocycles. The number of carbonyl (C=O) groups is 1. The topological polar surface area (TPSA) is 62.7 Å². The molecular formula is C15H22N2O3. The van der Waals surface area contributed by atoms with E-state index < -0.39 is 5.97 Å². The summed E-state index contributed by atoms with van der Waals surface area (Å²) in [4.78, 5) is 17.3. The lowest BCUT2D eigenvalue weighted by Gasteiger charge is -2.35. The molecular weight excluding hydrogens is 256 g/mol. The van der Waals surface area contributed by atoms with Crippen LogP contribution in [0.25, 0.3) is 0 Å². The highest BCUT2D eigenvalue weighted by Gasteiger charge is 2.28. The number of piperidine rings is 1. The Balaban J connectivity index is 1.75. The van der Waals surface area contributed by atoms with Gasteiger partial charge in [-0.1, -0.05) is 13.0 Å². The Morgan fingerprint density at radius 2 is 2.25 bits per heavy atom. The molecule has 20 heavy (non-hydrogen) atoms. The Hall–Kier alpha value is -1.62. The third kappa shape index (κ3) is 3.93. The van der Waals surface area contributed by atoms with Gasteiger partial charge in [0.15, 0.2) is 0 Å². The molecule has 1 aromatic heterocycles. The molecule has 1 aromatic rings. The van der Waals surface area contributed by atoms with E-state index in [4.69, 9.17) is 9.84 Å². The molecule has 2 rings (SSSR count). The lowest BCUT2D eigenvalue weighted by Crippen LogP contribution is -2.46. The van der Waals surface area contributed by atoms with Gasteiger partial charge in [-0.05, 0) is 44.3 Å². The number of carboxylic acids is 1. The maximum Gasteiger partial charge on any atom is 0.320 e. The largest absolute Gasteiger partial charge is 0.480 e. The molecule has 1 aliphatic rings. The van der Waals surface area contributed by atoms with Crippen LogP contribution < -0.4 is 4.74 Å². The highest BCUT2D eigenvalue weighted by atomic mass is 16.5. The fourth-order valence-corrected chi connectivity index (χ4v) is 2.66. The van der Waals surface area contributed by atoms with E-state index >= 15 is 0 Å². The van der Waals surface area contributed by atoms with Gasteiger partial charge >= 0.3 is 5.97 Å². The number of likely N-dealkylation sites (tertiary alicyclic amines) is 1. The van der Waals surface area contributed by atoms with E-state index in [1.165, 1.54) is 0 Å². The summed E-state index contributed by atoms with van der Waals surface area (Å²) >= 11 is 0. The van der Waals surface area contributed by atoms with Crippen molar-refractivity contribution in [2.24, 2.45) is 5.92 Å². The smallest absolute Gasteiger partial charge is 0.320 e. The van der Waals surface area contributed by atoms with E-state index in [1.807, 2.05) is 25.1 Å². The molecule has 0 radical (unpaired) electrons. The van der Waals surface area contributed by atoms with Crippen LogP contribution in [0, 0.1) is 5.92 Å². The molecule has 1 aliphatic heterocycles. The van der Waals surface area contributed by atoms with Crippen molar-refractivity contribution in [3.63, 3.8) is 0 Å². The minimum Gasteiger partial charge on any atom is -0.480 e.